The summed E-state index contributed by atoms with van der Waals surface area (Å²) >= 11 is 0. The van der Waals surface area contributed by atoms with Gasteiger partial charge in [0.1, 0.15) is 11.6 Å². The molecule has 5 nitrogen and oxygen atoms in total. The molecule has 106 valence electrons. The van der Waals surface area contributed by atoms with Gasteiger partial charge in [-0.05, 0) is 40.2 Å². The van der Waals surface area contributed by atoms with Gasteiger partial charge < -0.3 is 14.2 Å². The molecule has 1 aliphatic rings. The fraction of sp³-hybridized carbons (Fsp3) is 0.923. The molecule has 0 aromatic heterocycles. The molecule has 1 rings (SSSR count). The van der Waals surface area contributed by atoms with E-state index in [0.717, 1.165) is 19.4 Å². The lowest BCUT2D eigenvalue weighted by molar-refractivity contribution is -0.163. The average molecular weight is 259 g/mol. The average Bonchev–Trinajstić information content (AvgIpc) is 2.71. The van der Waals surface area contributed by atoms with Crippen molar-refractivity contribution in [1.82, 2.24) is 4.90 Å². The number of rotatable bonds is 5. The molecule has 1 fully saturated rings. The van der Waals surface area contributed by atoms with E-state index in [-0.39, 0.29) is 18.3 Å². The number of carbonyl (C=O) groups excluding carboxylic acids is 1. The zero-order valence-electron chi connectivity index (χ0n) is 12.1. The van der Waals surface area contributed by atoms with Crippen LogP contribution in [-0.2, 0) is 19.0 Å². The molecule has 0 N–H and O–H groups in total. The van der Waals surface area contributed by atoms with E-state index >= 15 is 0 Å². The summed E-state index contributed by atoms with van der Waals surface area (Å²) in [4.78, 5) is 14.2. The summed E-state index contributed by atoms with van der Waals surface area (Å²) in [6, 6.07) is -0.169. The molecule has 0 unspecified atom stereocenters. The highest BCUT2D eigenvalue weighted by Gasteiger charge is 2.35. The molecular weight excluding hydrogens is 234 g/mol. The Labute approximate surface area is 109 Å². The first-order valence-corrected chi connectivity index (χ1v) is 6.40. The van der Waals surface area contributed by atoms with Gasteiger partial charge in [-0.2, -0.15) is 0 Å². The van der Waals surface area contributed by atoms with E-state index in [4.69, 9.17) is 14.2 Å². The summed E-state index contributed by atoms with van der Waals surface area (Å²) in [6.45, 7) is 7.13. The van der Waals surface area contributed by atoms with Crippen LogP contribution in [0.3, 0.4) is 0 Å². The number of likely N-dealkylation sites (tertiary alicyclic amines) is 1. The predicted molar refractivity (Wildman–Crippen MR) is 68.2 cm³/mol. The van der Waals surface area contributed by atoms with Crippen molar-refractivity contribution < 1.29 is 19.0 Å². The lowest BCUT2D eigenvalue weighted by Crippen LogP contribution is -2.44. The molecule has 1 saturated heterocycles. The fourth-order valence-electron chi connectivity index (χ4n) is 2.12. The van der Waals surface area contributed by atoms with Crippen molar-refractivity contribution in [2.45, 2.75) is 51.5 Å². The second kappa shape index (κ2) is 6.50. The molecule has 0 aromatic rings. The fourth-order valence-corrected chi connectivity index (χ4v) is 2.12. The summed E-state index contributed by atoms with van der Waals surface area (Å²) in [5.41, 5.74) is -0.437. The van der Waals surface area contributed by atoms with Crippen molar-refractivity contribution in [3.63, 3.8) is 0 Å². The summed E-state index contributed by atoms with van der Waals surface area (Å²) < 4.78 is 15.8. The smallest absolute Gasteiger partial charge is 0.323 e. The largest absolute Gasteiger partial charge is 0.459 e. The van der Waals surface area contributed by atoms with E-state index in [1.807, 2.05) is 20.8 Å². The van der Waals surface area contributed by atoms with Crippen LogP contribution in [0.5, 0.6) is 0 Å². The number of hydrogen-bond acceptors (Lipinski definition) is 5. The van der Waals surface area contributed by atoms with Gasteiger partial charge in [0.05, 0.1) is 6.54 Å². The van der Waals surface area contributed by atoms with E-state index in [0.29, 0.717) is 6.54 Å². The second-order valence-corrected chi connectivity index (χ2v) is 5.59. The van der Waals surface area contributed by atoms with Gasteiger partial charge >= 0.3 is 5.97 Å². The minimum absolute atomic E-state index is 0.147. The first-order chi connectivity index (χ1) is 8.37. The van der Waals surface area contributed by atoms with Crippen LogP contribution >= 0.6 is 0 Å². The molecule has 0 bridgehead atoms. The molecule has 0 amide bonds. The monoisotopic (exact) mass is 259 g/mol. The molecule has 5 heteroatoms. The van der Waals surface area contributed by atoms with Gasteiger partial charge in [0.2, 0.25) is 0 Å². The quantitative estimate of drug-likeness (QED) is 0.552. The third-order valence-corrected chi connectivity index (χ3v) is 2.95. The standard InChI is InChI=1S/C13H25NO4/c1-13(2,3)18-12(15)10-7-6-8-14(10)9-11(16-4)17-5/h10-11H,6-9H2,1-5H3/t10-/m1/s1. The van der Waals surface area contributed by atoms with E-state index in [9.17, 15) is 4.79 Å². The van der Waals surface area contributed by atoms with Crippen molar-refractivity contribution in [2.24, 2.45) is 0 Å². The molecule has 0 radical (unpaired) electrons. The molecule has 1 heterocycles. The zero-order chi connectivity index (χ0) is 13.8. The molecule has 0 aromatic carbocycles. The Hall–Kier alpha value is -0.650. The predicted octanol–water partition coefficient (Wildman–Crippen LogP) is 1.41. The van der Waals surface area contributed by atoms with Gasteiger partial charge in [0.15, 0.2) is 6.29 Å². The maximum Gasteiger partial charge on any atom is 0.323 e. The molecule has 0 aliphatic carbocycles. The molecule has 1 aliphatic heterocycles. The Balaban J connectivity index is 2.56. The van der Waals surface area contributed by atoms with Crippen LogP contribution in [0.4, 0.5) is 0 Å². The van der Waals surface area contributed by atoms with Crippen LogP contribution < -0.4 is 0 Å². The maximum atomic E-state index is 12.1. The number of hydrogen-bond donors (Lipinski definition) is 0. The molecular formula is C13H25NO4. The van der Waals surface area contributed by atoms with Crippen molar-refractivity contribution in [2.75, 3.05) is 27.3 Å². The first kappa shape index (κ1) is 15.4. The third kappa shape index (κ3) is 4.55. The molecule has 0 saturated carbocycles. The van der Waals surface area contributed by atoms with Gasteiger partial charge in [-0.3, -0.25) is 9.69 Å². The Morgan fingerprint density at radius 2 is 1.94 bits per heavy atom. The number of ether oxygens (including phenoxy) is 3. The number of esters is 1. The Bertz CT molecular complexity index is 271. The number of methoxy groups -OCH3 is 2. The van der Waals surface area contributed by atoms with Gasteiger partial charge in [-0.1, -0.05) is 0 Å². The molecule has 0 spiro atoms. The van der Waals surface area contributed by atoms with Crippen molar-refractivity contribution in [3.8, 4) is 0 Å². The Morgan fingerprint density at radius 3 is 2.44 bits per heavy atom. The van der Waals surface area contributed by atoms with Gasteiger partial charge in [-0.25, -0.2) is 0 Å². The Kier molecular flexibility index (Phi) is 5.56. The summed E-state index contributed by atoms with van der Waals surface area (Å²) in [5.74, 6) is -0.147. The highest BCUT2D eigenvalue weighted by Crippen LogP contribution is 2.21. The van der Waals surface area contributed by atoms with E-state index in [1.54, 1.807) is 14.2 Å². The minimum atomic E-state index is -0.437. The highest BCUT2D eigenvalue weighted by molar-refractivity contribution is 5.76. The lowest BCUT2D eigenvalue weighted by Gasteiger charge is -2.29. The van der Waals surface area contributed by atoms with E-state index < -0.39 is 5.60 Å². The van der Waals surface area contributed by atoms with Crippen molar-refractivity contribution in [3.05, 3.63) is 0 Å². The lowest BCUT2D eigenvalue weighted by atomic mass is 10.1. The van der Waals surface area contributed by atoms with Gasteiger partial charge in [0.25, 0.3) is 0 Å². The van der Waals surface area contributed by atoms with Gasteiger partial charge in [-0.15, -0.1) is 0 Å². The van der Waals surface area contributed by atoms with E-state index in [1.165, 1.54) is 0 Å². The number of carbonyl (C=O) groups is 1. The number of nitrogens with zero attached hydrogens (tertiary/aromatic N) is 1. The maximum absolute atomic E-state index is 12.1. The van der Waals surface area contributed by atoms with Crippen LogP contribution in [0.2, 0.25) is 0 Å². The van der Waals surface area contributed by atoms with Crippen LogP contribution in [0, 0.1) is 0 Å². The molecule has 18 heavy (non-hydrogen) atoms. The van der Waals surface area contributed by atoms with E-state index in [2.05, 4.69) is 4.90 Å². The summed E-state index contributed by atoms with van der Waals surface area (Å²) in [5, 5.41) is 0. The highest BCUT2D eigenvalue weighted by atomic mass is 16.7. The van der Waals surface area contributed by atoms with Gasteiger partial charge in [0, 0.05) is 14.2 Å². The van der Waals surface area contributed by atoms with Crippen LogP contribution in [0.25, 0.3) is 0 Å². The minimum Gasteiger partial charge on any atom is -0.459 e. The topological polar surface area (TPSA) is 48.0 Å². The van der Waals surface area contributed by atoms with Crippen molar-refractivity contribution in [1.29, 1.82) is 0 Å². The second-order valence-electron chi connectivity index (χ2n) is 5.59. The third-order valence-electron chi connectivity index (χ3n) is 2.95. The summed E-state index contributed by atoms with van der Waals surface area (Å²) in [6.07, 6.45) is 1.55. The van der Waals surface area contributed by atoms with Crippen LogP contribution in [-0.4, -0.2) is 56.1 Å². The Morgan fingerprint density at radius 1 is 1.33 bits per heavy atom. The molecule has 1 atom stereocenters. The SMILES string of the molecule is COC(CN1CCC[C@@H]1C(=O)OC(C)(C)C)OC. The zero-order valence-corrected chi connectivity index (χ0v) is 12.1. The summed E-state index contributed by atoms with van der Waals surface area (Å²) in [7, 11) is 3.21. The first-order valence-electron chi connectivity index (χ1n) is 6.40. The van der Waals surface area contributed by atoms with Crippen molar-refractivity contribution >= 4 is 5.97 Å². The van der Waals surface area contributed by atoms with Crippen LogP contribution in [0.1, 0.15) is 33.6 Å². The normalized spacial score (nSPS) is 21.6. The van der Waals surface area contributed by atoms with Crippen LogP contribution in [0.15, 0.2) is 0 Å².